The number of nitrogens with two attached hydrogens (primary N) is 1. The van der Waals surface area contributed by atoms with E-state index in [-0.39, 0.29) is 35.7 Å². The van der Waals surface area contributed by atoms with Gasteiger partial charge in [-0.05, 0) is 55.9 Å². The number of nitrogens with one attached hydrogen (secondary N) is 1. The lowest BCUT2D eigenvalue weighted by atomic mass is 10.2. The van der Waals surface area contributed by atoms with Crippen molar-refractivity contribution in [1.82, 2.24) is 10.2 Å². The number of hydrogen-bond acceptors (Lipinski definition) is 4. The van der Waals surface area contributed by atoms with E-state index in [0.29, 0.717) is 19.7 Å². The number of hydrogen-bond donors (Lipinski definition) is 2. The van der Waals surface area contributed by atoms with Gasteiger partial charge in [-0.25, -0.2) is 4.99 Å². The molecule has 31 heavy (non-hydrogen) atoms. The number of halogens is 4. The molecule has 0 atom stereocenters. The summed E-state index contributed by atoms with van der Waals surface area (Å²) in [5.74, 6) is 0.790. The van der Waals surface area contributed by atoms with Gasteiger partial charge in [0.1, 0.15) is 11.5 Å². The Morgan fingerprint density at radius 3 is 2.16 bits per heavy atom. The van der Waals surface area contributed by atoms with Crippen LogP contribution in [0.2, 0.25) is 0 Å². The molecule has 0 aromatic heterocycles. The van der Waals surface area contributed by atoms with Crippen LogP contribution in [0.1, 0.15) is 17.5 Å². The molecule has 2 aromatic carbocycles. The first-order valence-corrected chi connectivity index (χ1v) is 9.46. The molecule has 0 bridgehead atoms. The summed E-state index contributed by atoms with van der Waals surface area (Å²) < 4.78 is 46.0. The Morgan fingerprint density at radius 2 is 1.58 bits per heavy atom. The van der Waals surface area contributed by atoms with E-state index in [1.54, 1.807) is 0 Å². The van der Waals surface area contributed by atoms with Crippen LogP contribution in [0.4, 0.5) is 13.2 Å². The highest BCUT2D eigenvalue weighted by molar-refractivity contribution is 14.0. The van der Waals surface area contributed by atoms with Gasteiger partial charge in [0.05, 0.1) is 13.2 Å². The van der Waals surface area contributed by atoms with E-state index in [9.17, 15) is 13.2 Å². The van der Waals surface area contributed by atoms with Crippen LogP contribution >= 0.6 is 24.0 Å². The number of rotatable bonds is 10. The zero-order valence-corrected chi connectivity index (χ0v) is 19.8. The predicted octanol–water partition coefficient (Wildman–Crippen LogP) is 4.14. The summed E-state index contributed by atoms with van der Waals surface area (Å²) in [6.45, 7) is 2.37. The van der Waals surface area contributed by atoms with Crippen LogP contribution in [-0.2, 0) is 13.1 Å². The molecule has 0 aliphatic rings. The molecule has 0 unspecified atom stereocenters. The zero-order chi connectivity index (χ0) is 22.0. The molecule has 172 valence electrons. The summed E-state index contributed by atoms with van der Waals surface area (Å²) in [7, 11) is 4.05. The Labute approximate surface area is 197 Å². The first kappa shape index (κ1) is 26.8. The van der Waals surface area contributed by atoms with Gasteiger partial charge in [-0.1, -0.05) is 24.3 Å². The monoisotopic (exact) mass is 552 g/mol. The standard InChI is InChI=1S/C21H27F3N4O2.HI/c1-28(2)12-3-13-29-18-8-4-16(5-9-18)14-26-20(25)27-15-17-6-10-19(11-7-17)30-21(22,23)24;/h4-11H,3,12-15H2,1-2H3,(H3,25,26,27);1H. The second-order valence-corrected chi connectivity index (χ2v) is 6.90. The van der Waals surface area contributed by atoms with E-state index >= 15 is 0 Å². The van der Waals surface area contributed by atoms with Gasteiger partial charge in [0, 0.05) is 13.1 Å². The Kier molecular flexibility index (Phi) is 11.5. The van der Waals surface area contributed by atoms with Crippen LogP contribution in [-0.4, -0.2) is 44.5 Å². The molecule has 0 amide bonds. The molecular weight excluding hydrogens is 524 g/mol. The minimum absolute atomic E-state index is 0. The lowest BCUT2D eigenvalue weighted by Gasteiger charge is -2.11. The first-order chi connectivity index (χ1) is 14.2. The number of benzene rings is 2. The van der Waals surface area contributed by atoms with Crippen molar-refractivity contribution in [2.45, 2.75) is 25.9 Å². The molecule has 2 aromatic rings. The van der Waals surface area contributed by atoms with Crippen molar-refractivity contribution < 1.29 is 22.6 Å². The number of ether oxygens (including phenoxy) is 2. The van der Waals surface area contributed by atoms with Gasteiger partial charge in [-0.15, -0.1) is 37.1 Å². The molecular formula is C21H28F3IN4O2. The summed E-state index contributed by atoms with van der Waals surface area (Å²) >= 11 is 0. The highest BCUT2D eigenvalue weighted by atomic mass is 127. The van der Waals surface area contributed by atoms with Gasteiger partial charge in [0.2, 0.25) is 0 Å². The Morgan fingerprint density at radius 1 is 1.00 bits per heavy atom. The maximum Gasteiger partial charge on any atom is 0.573 e. The number of guanidine groups is 1. The van der Waals surface area contributed by atoms with Crippen molar-refractivity contribution >= 4 is 29.9 Å². The highest BCUT2D eigenvalue weighted by Gasteiger charge is 2.30. The largest absolute Gasteiger partial charge is 0.573 e. The zero-order valence-electron chi connectivity index (χ0n) is 17.5. The average molecular weight is 552 g/mol. The van der Waals surface area contributed by atoms with E-state index in [2.05, 4.69) is 19.9 Å². The van der Waals surface area contributed by atoms with E-state index in [4.69, 9.17) is 10.5 Å². The maximum atomic E-state index is 12.2. The third-order valence-corrected chi connectivity index (χ3v) is 4.00. The second-order valence-electron chi connectivity index (χ2n) is 6.90. The SMILES string of the molecule is CN(C)CCCOc1ccc(CN=C(N)NCc2ccc(OC(F)(F)F)cc2)cc1.I. The smallest absolute Gasteiger partial charge is 0.494 e. The molecule has 0 fully saturated rings. The second kappa shape index (κ2) is 13.3. The first-order valence-electron chi connectivity index (χ1n) is 9.46. The van der Waals surface area contributed by atoms with Crippen LogP contribution < -0.4 is 20.5 Å². The Hall–Kier alpha value is -2.21. The van der Waals surface area contributed by atoms with Gasteiger partial charge in [-0.3, -0.25) is 0 Å². The van der Waals surface area contributed by atoms with Crippen molar-refractivity contribution in [3.8, 4) is 11.5 Å². The summed E-state index contributed by atoms with van der Waals surface area (Å²) in [6, 6.07) is 13.2. The van der Waals surface area contributed by atoms with Gasteiger partial charge in [0.15, 0.2) is 5.96 Å². The number of alkyl halides is 3. The lowest BCUT2D eigenvalue weighted by Crippen LogP contribution is -2.31. The quantitative estimate of drug-likeness (QED) is 0.201. The van der Waals surface area contributed by atoms with Crippen LogP contribution in [0.3, 0.4) is 0 Å². The average Bonchev–Trinajstić information content (AvgIpc) is 2.69. The van der Waals surface area contributed by atoms with Crippen molar-refractivity contribution in [2.24, 2.45) is 10.7 Å². The Balaban J connectivity index is 0.00000480. The normalized spacial score (nSPS) is 11.7. The Bertz CT molecular complexity index is 798. The minimum atomic E-state index is -4.70. The summed E-state index contributed by atoms with van der Waals surface area (Å²) in [5.41, 5.74) is 7.58. The summed E-state index contributed by atoms with van der Waals surface area (Å²) in [6.07, 6.45) is -3.74. The summed E-state index contributed by atoms with van der Waals surface area (Å²) in [5, 5.41) is 2.93. The molecule has 0 heterocycles. The molecule has 3 N–H and O–H groups in total. The van der Waals surface area contributed by atoms with Crippen LogP contribution in [0.5, 0.6) is 11.5 Å². The number of aliphatic imine (C=N–C) groups is 1. The van der Waals surface area contributed by atoms with E-state index in [0.717, 1.165) is 29.8 Å². The lowest BCUT2D eigenvalue weighted by molar-refractivity contribution is -0.274. The predicted molar refractivity (Wildman–Crippen MR) is 126 cm³/mol. The fraction of sp³-hybridized carbons (Fsp3) is 0.381. The van der Waals surface area contributed by atoms with E-state index in [1.165, 1.54) is 24.3 Å². The molecule has 0 radical (unpaired) electrons. The highest BCUT2D eigenvalue weighted by Crippen LogP contribution is 2.22. The molecule has 10 heteroatoms. The molecule has 0 saturated carbocycles. The molecule has 2 rings (SSSR count). The fourth-order valence-electron chi connectivity index (χ4n) is 2.50. The van der Waals surface area contributed by atoms with Gasteiger partial charge in [0.25, 0.3) is 0 Å². The van der Waals surface area contributed by atoms with Crippen molar-refractivity contribution in [3.05, 3.63) is 59.7 Å². The molecule has 6 nitrogen and oxygen atoms in total. The van der Waals surface area contributed by atoms with Gasteiger partial charge >= 0.3 is 6.36 Å². The molecule has 0 spiro atoms. The van der Waals surface area contributed by atoms with E-state index < -0.39 is 6.36 Å². The third-order valence-electron chi connectivity index (χ3n) is 4.00. The van der Waals surface area contributed by atoms with Crippen LogP contribution in [0.15, 0.2) is 53.5 Å². The fourth-order valence-corrected chi connectivity index (χ4v) is 2.50. The molecule has 0 aliphatic carbocycles. The van der Waals surface area contributed by atoms with Gasteiger partial charge in [-0.2, -0.15) is 0 Å². The number of nitrogens with zero attached hydrogens (tertiary/aromatic N) is 2. The van der Waals surface area contributed by atoms with E-state index in [1.807, 2.05) is 38.4 Å². The van der Waals surface area contributed by atoms with Crippen LogP contribution in [0.25, 0.3) is 0 Å². The molecule has 0 aliphatic heterocycles. The van der Waals surface area contributed by atoms with Crippen LogP contribution in [0, 0.1) is 0 Å². The summed E-state index contributed by atoms with van der Waals surface area (Å²) in [4.78, 5) is 6.37. The minimum Gasteiger partial charge on any atom is -0.494 e. The molecule has 0 saturated heterocycles. The van der Waals surface area contributed by atoms with Crippen molar-refractivity contribution in [1.29, 1.82) is 0 Å². The van der Waals surface area contributed by atoms with Crippen molar-refractivity contribution in [3.63, 3.8) is 0 Å². The maximum absolute atomic E-state index is 12.2. The third kappa shape index (κ3) is 11.7. The van der Waals surface area contributed by atoms with Crippen molar-refractivity contribution in [2.75, 3.05) is 27.2 Å². The van der Waals surface area contributed by atoms with Gasteiger partial charge < -0.3 is 25.4 Å². The topological polar surface area (TPSA) is 72.1 Å².